The summed E-state index contributed by atoms with van der Waals surface area (Å²) in [5.41, 5.74) is 2.20. The predicted molar refractivity (Wildman–Crippen MR) is 128 cm³/mol. The minimum atomic E-state index is 0. The highest BCUT2D eigenvalue weighted by atomic mass is 127. The number of rotatable bonds is 10. The highest BCUT2D eigenvalue weighted by Crippen LogP contribution is 2.12. The Morgan fingerprint density at radius 3 is 2.83 bits per heavy atom. The SMILES string of the molecule is CN=C(NCCCOC1CCOC1)NCc1ccnc(OCc2ccccc2)c1.I. The number of hydrogen-bond acceptors (Lipinski definition) is 5. The Bertz CT molecular complexity index is 755. The molecule has 2 aromatic rings. The predicted octanol–water partition coefficient (Wildman–Crippen LogP) is 3.14. The normalized spacial score (nSPS) is 16.0. The quantitative estimate of drug-likeness (QED) is 0.215. The van der Waals surface area contributed by atoms with Gasteiger partial charge in [0.15, 0.2) is 5.96 Å². The van der Waals surface area contributed by atoms with Gasteiger partial charge < -0.3 is 24.8 Å². The van der Waals surface area contributed by atoms with Crippen LogP contribution >= 0.6 is 24.0 Å². The number of nitrogens with zero attached hydrogens (tertiary/aromatic N) is 2. The fourth-order valence-corrected chi connectivity index (χ4v) is 2.95. The average Bonchev–Trinajstić information content (AvgIpc) is 3.29. The third-order valence-corrected chi connectivity index (χ3v) is 4.57. The molecule has 1 fully saturated rings. The maximum atomic E-state index is 5.79. The van der Waals surface area contributed by atoms with E-state index < -0.39 is 0 Å². The third-order valence-electron chi connectivity index (χ3n) is 4.57. The Morgan fingerprint density at radius 2 is 2.07 bits per heavy atom. The van der Waals surface area contributed by atoms with Crippen LogP contribution in [0.3, 0.4) is 0 Å². The molecule has 2 N–H and O–H groups in total. The first kappa shape index (κ1) is 24.4. The highest BCUT2D eigenvalue weighted by molar-refractivity contribution is 14.0. The molecule has 0 saturated carbocycles. The van der Waals surface area contributed by atoms with E-state index >= 15 is 0 Å². The summed E-state index contributed by atoms with van der Waals surface area (Å²) in [5, 5.41) is 6.62. The van der Waals surface area contributed by atoms with Gasteiger partial charge in [0, 0.05) is 45.6 Å². The molecule has 1 saturated heterocycles. The molecule has 164 valence electrons. The average molecular weight is 526 g/mol. The van der Waals surface area contributed by atoms with Gasteiger partial charge in [-0.2, -0.15) is 0 Å². The molecule has 2 heterocycles. The van der Waals surface area contributed by atoms with Gasteiger partial charge in [-0.3, -0.25) is 4.99 Å². The van der Waals surface area contributed by atoms with Crippen molar-refractivity contribution in [2.45, 2.75) is 32.1 Å². The molecule has 0 bridgehead atoms. The zero-order chi connectivity index (χ0) is 20.2. The molecule has 30 heavy (non-hydrogen) atoms. The highest BCUT2D eigenvalue weighted by Gasteiger charge is 2.15. The van der Waals surface area contributed by atoms with E-state index in [0.29, 0.717) is 19.0 Å². The second-order valence-electron chi connectivity index (χ2n) is 6.84. The smallest absolute Gasteiger partial charge is 0.213 e. The van der Waals surface area contributed by atoms with Crippen LogP contribution in [0.15, 0.2) is 53.7 Å². The Hall–Kier alpha value is -1.91. The van der Waals surface area contributed by atoms with Crippen LogP contribution < -0.4 is 15.4 Å². The summed E-state index contributed by atoms with van der Waals surface area (Å²) in [5.74, 6) is 1.38. The van der Waals surface area contributed by atoms with E-state index in [2.05, 4.69) is 20.6 Å². The van der Waals surface area contributed by atoms with Gasteiger partial charge >= 0.3 is 0 Å². The molecule has 1 aliphatic rings. The van der Waals surface area contributed by atoms with Crippen LogP contribution in [0.5, 0.6) is 5.88 Å². The molecule has 0 spiro atoms. The van der Waals surface area contributed by atoms with Crippen LogP contribution in [-0.2, 0) is 22.6 Å². The summed E-state index contributed by atoms with van der Waals surface area (Å²) < 4.78 is 16.9. The first-order valence-electron chi connectivity index (χ1n) is 10.1. The van der Waals surface area contributed by atoms with Gasteiger partial charge in [-0.05, 0) is 30.0 Å². The third kappa shape index (κ3) is 8.85. The fourth-order valence-electron chi connectivity index (χ4n) is 2.95. The van der Waals surface area contributed by atoms with Crippen molar-refractivity contribution in [3.05, 3.63) is 59.8 Å². The van der Waals surface area contributed by atoms with Crippen molar-refractivity contribution in [1.29, 1.82) is 0 Å². The summed E-state index contributed by atoms with van der Waals surface area (Å²) in [4.78, 5) is 8.55. The minimum absolute atomic E-state index is 0. The van der Waals surface area contributed by atoms with Gasteiger partial charge in [-0.1, -0.05) is 30.3 Å². The number of guanidine groups is 1. The number of nitrogens with one attached hydrogen (secondary N) is 2. The van der Waals surface area contributed by atoms with Gasteiger partial charge in [-0.15, -0.1) is 24.0 Å². The molecular formula is C22H31IN4O3. The standard InChI is InChI=1S/C22H30N4O3.HI/c1-23-22(25-10-5-12-28-20-9-13-27-17-20)26-15-19-8-11-24-21(14-19)29-16-18-6-3-2-4-7-18;/h2-4,6-8,11,14,20H,5,9-10,12-13,15-17H2,1H3,(H2,23,25,26);1H. The van der Waals surface area contributed by atoms with Gasteiger partial charge in [-0.25, -0.2) is 4.98 Å². The van der Waals surface area contributed by atoms with Crippen molar-refractivity contribution in [3.63, 3.8) is 0 Å². The van der Waals surface area contributed by atoms with Crippen LogP contribution in [0.1, 0.15) is 24.0 Å². The summed E-state index contributed by atoms with van der Waals surface area (Å²) >= 11 is 0. The van der Waals surface area contributed by atoms with Crippen molar-refractivity contribution in [1.82, 2.24) is 15.6 Å². The van der Waals surface area contributed by atoms with E-state index in [0.717, 1.165) is 56.3 Å². The zero-order valence-electron chi connectivity index (χ0n) is 17.4. The maximum Gasteiger partial charge on any atom is 0.213 e. The largest absolute Gasteiger partial charge is 0.473 e. The van der Waals surface area contributed by atoms with Crippen LogP contribution in [0.25, 0.3) is 0 Å². The Morgan fingerprint density at radius 1 is 1.20 bits per heavy atom. The Labute approximate surface area is 195 Å². The molecule has 3 rings (SSSR count). The van der Waals surface area contributed by atoms with Crippen LogP contribution in [0, 0.1) is 0 Å². The van der Waals surface area contributed by atoms with Crippen LogP contribution in [0.4, 0.5) is 0 Å². The topological polar surface area (TPSA) is 77.0 Å². The maximum absolute atomic E-state index is 5.79. The summed E-state index contributed by atoms with van der Waals surface area (Å²) in [6, 6.07) is 14.0. The van der Waals surface area contributed by atoms with E-state index in [-0.39, 0.29) is 30.1 Å². The number of pyridine rings is 1. The van der Waals surface area contributed by atoms with Crippen LogP contribution in [0.2, 0.25) is 0 Å². The number of ether oxygens (including phenoxy) is 3. The fraction of sp³-hybridized carbons (Fsp3) is 0.455. The Balaban J connectivity index is 0.00000320. The first-order valence-corrected chi connectivity index (χ1v) is 10.1. The summed E-state index contributed by atoms with van der Waals surface area (Å²) in [6.07, 6.45) is 3.94. The lowest BCUT2D eigenvalue weighted by Crippen LogP contribution is -2.37. The molecule has 1 atom stereocenters. The molecule has 8 heteroatoms. The molecular weight excluding hydrogens is 495 g/mol. The van der Waals surface area contributed by atoms with Crippen LogP contribution in [-0.4, -0.2) is 50.5 Å². The summed E-state index contributed by atoms with van der Waals surface area (Å²) in [6.45, 7) is 4.20. The van der Waals surface area contributed by atoms with E-state index in [9.17, 15) is 0 Å². The van der Waals surface area contributed by atoms with E-state index in [1.165, 1.54) is 0 Å². The lowest BCUT2D eigenvalue weighted by atomic mass is 10.2. The second kappa shape index (κ2) is 14.2. The molecule has 7 nitrogen and oxygen atoms in total. The van der Waals surface area contributed by atoms with Crippen molar-refractivity contribution < 1.29 is 14.2 Å². The monoisotopic (exact) mass is 526 g/mol. The van der Waals surface area contributed by atoms with E-state index in [1.807, 2.05) is 42.5 Å². The molecule has 1 aromatic carbocycles. The molecule has 0 aliphatic carbocycles. The van der Waals surface area contributed by atoms with Crippen molar-refractivity contribution in [2.75, 3.05) is 33.4 Å². The summed E-state index contributed by atoms with van der Waals surface area (Å²) in [7, 11) is 1.77. The van der Waals surface area contributed by atoms with Crippen molar-refractivity contribution in [2.24, 2.45) is 4.99 Å². The van der Waals surface area contributed by atoms with Crippen molar-refractivity contribution in [3.8, 4) is 5.88 Å². The second-order valence-corrected chi connectivity index (χ2v) is 6.84. The van der Waals surface area contributed by atoms with Crippen molar-refractivity contribution >= 4 is 29.9 Å². The molecule has 0 radical (unpaired) electrons. The zero-order valence-corrected chi connectivity index (χ0v) is 19.7. The lowest BCUT2D eigenvalue weighted by molar-refractivity contribution is 0.0420. The number of halogens is 1. The minimum Gasteiger partial charge on any atom is -0.473 e. The number of aliphatic imine (C=N–C) groups is 1. The first-order chi connectivity index (χ1) is 14.3. The number of aromatic nitrogens is 1. The number of hydrogen-bond donors (Lipinski definition) is 2. The van der Waals surface area contributed by atoms with Gasteiger partial charge in [0.25, 0.3) is 0 Å². The Kier molecular flexibility index (Phi) is 11.5. The van der Waals surface area contributed by atoms with E-state index in [1.54, 1.807) is 13.2 Å². The molecule has 0 amide bonds. The lowest BCUT2D eigenvalue weighted by Gasteiger charge is -2.13. The number of benzene rings is 1. The molecule has 1 aromatic heterocycles. The van der Waals surface area contributed by atoms with E-state index in [4.69, 9.17) is 14.2 Å². The van der Waals surface area contributed by atoms with Gasteiger partial charge in [0.2, 0.25) is 5.88 Å². The van der Waals surface area contributed by atoms with Gasteiger partial charge in [0.1, 0.15) is 6.61 Å². The molecule has 1 aliphatic heterocycles. The molecule has 1 unspecified atom stereocenters. The van der Waals surface area contributed by atoms with Gasteiger partial charge in [0.05, 0.1) is 12.7 Å².